The highest BCUT2D eigenvalue weighted by atomic mass is 16.3. The lowest BCUT2D eigenvalue weighted by Crippen LogP contribution is -2.21. The molecule has 3 nitrogen and oxygen atoms in total. The molecule has 1 fully saturated rings. The SMILES string of the molecule is OCc1ccc(CN2CC[C@H](O)C2)cc1. The third-order valence-corrected chi connectivity index (χ3v) is 2.86. The molecular weight excluding hydrogens is 190 g/mol. The van der Waals surface area contributed by atoms with Crippen LogP contribution in [-0.4, -0.2) is 34.3 Å². The molecule has 2 rings (SSSR count). The lowest BCUT2D eigenvalue weighted by molar-refractivity contribution is 0.175. The second-order valence-electron chi connectivity index (χ2n) is 4.15. The highest BCUT2D eigenvalue weighted by Crippen LogP contribution is 2.13. The molecule has 0 aliphatic carbocycles. The third-order valence-electron chi connectivity index (χ3n) is 2.86. The number of nitrogens with zero attached hydrogens (tertiary/aromatic N) is 1. The van der Waals surface area contributed by atoms with Gasteiger partial charge in [-0.1, -0.05) is 24.3 Å². The highest BCUT2D eigenvalue weighted by Gasteiger charge is 2.19. The summed E-state index contributed by atoms with van der Waals surface area (Å²) in [6.45, 7) is 2.75. The number of aliphatic hydroxyl groups is 2. The van der Waals surface area contributed by atoms with E-state index in [2.05, 4.69) is 4.90 Å². The summed E-state index contributed by atoms with van der Waals surface area (Å²) in [4.78, 5) is 2.25. The number of benzene rings is 1. The fourth-order valence-electron chi connectivity index (χ4n) is 1.96. The Labute approximate surface area is 90.0 Å². The molecule has 0 spiro atoms. The Balaban J connectivity index is 1.93. The summed E-state index contributed by atoms with van der Waals surface area (Å²) >= 11 is 0. The predicted molar refractivity (Wildman–Crippen MR) is 58.3 cm³/mol. The first-order chi connectivity index (χ1) is 7.28. The molecule has 1 aliphatic heterocycles. The average Bonchev–Trinajstić information content (AvgIpc) is 2.65. The number of rotatable bonds is 3. The topological polar surface area (TPSA) is 43.7 Å². The Kier molecular flexibility index (Phi) is 3.36. The maximum absolute atomic E-state index is 9.39. The Morgan fingerprint density at radius 2 is 1.87 bits per heavy atom. The van der Waals surface area contributed by atoms with E-state index in [1.165, 1.54) is 5.56 Å². The van der Waals surface area contributed by atoms with Crippen LogP contribution in [0.15, 0.2) is 24.3 Å². The van der Waals surface area contributed by atoms with E-state index in [1.807, 2.05) is 24.3 Å². The Morgan fingerprint density at radius 3 is 2.40 bits per heavy atom. The maximum atomic E-state index is 9.39. The van der Waals surface area contributed by atoms with Crippen molar-refractivity contribution < 1.29 is 10.2 Å². The van der Waals surface area contributed by atoms with Crippen LogP contribution in [0, 0.1) is 0 Å². The van der Waals surface area contributed by atoms with Gasteiger partial charge in [0.2, 0.25) is 0 Å². The molecule has 1 atom stereocenters. The molecule has 0 bridgehead atoms. The van der Waals surface area contributed by atoms with Gasteiger partial charge in [0.1, 0.15) is 0 Å². The quantitative estimate of drug-likeness (QED) is 0.768. The first kappa shape index (κ1) is 10.6. The second-order valence-corrected chi connectivity index (χ2v) is 4.15. The normalized spacial score (nSPS) is 22.1. The van der Waals surface area contributed by atoms with Gasteiger partial charge in [-0.2, -0.15) is 0 Å². The second kappa shape index (κ2) is 4.75. The van der Waals surface area contributed by atoms with Gasteiger partial charge in [-0.3, -0.25) is 4.90 Å². The average molecular weight is 207 g/mol. The molecule has 0 unspecified atom stereocenters. The molecule has 1 saturated heterocycles. The first-order valence-corrected chi connectivity index (χ1v) is 5.37. The van der Waals surface area contributed by atoms with Crippen LogP contribution in [-0.2, 0) is 13.2 Å². The highest BCUT2D eigenvalue weighted by molar-refractivity contribution is 5.21. The largest absolute Gasteiger partial charge is 0.392 e. The molecule has 0 aromatic heterocycles. The minimum Gasteiger partial charge on any atom is -0.392 e. The molecule has 0 radical (unpaired) electrons. The maximum Gasteiger partial charge on any atom is 0.0681 e. The molecule has 1 heterocycles. The molecule has 2 N–H and O–H groups in total. The van der Waals surface area contributed by atoms with Gasteiger partial charge in [0.15, 0.2) is 0 Å². The fraction of sp³-hybridized carbons (Fsp3) is 0.500. The zero-order valence-electron chi connectivity index (χ0n) is 8.76. The van der Waals surface area contributed by atoms with Gasteiger partial charge in [0, 0.05) is 19.6 Å². The number of aliphatic hydroxyl groups excluding tert-OH is 2. The minimum atomic E-state index is -0.151. The monoisotopic (exact) mass is 207 g/mol. The van der Waals surface area contributed by atoms with Crippen molar-refractivity contribution >= 4 is 0 Å². The number of hydrogen-bond acceptors (Lipinski definition) is 3. The van der Waals surface area contributed by atoms with E-state index in [0.29, 0.717) is 0 Å². The predicted octanol–water partition coefficient (Wildman–Crippen LogP) is 0.746. The number of β-amino-alcohol motifs (C(OH)–C–C–N with tert-alkyl or cyclic N) is 1. The molecule has 3 heteroatoms. The van der Waals surface area contributed by atoms with E-state index in [1.54, 1.807) is 0 Å². The Bertz CT molecular complexity index is 310. The van der Waals surface area contributed by atoms with E-state index in [9.17, 15) is 5.11 Å². The summed E-state index contributed by atoms with van der Waals surface area (Å²) in [6, 6.07) is 7.97. The van der Waals surface area contributed by atoms with Crippen LogP contribution < -0.4 is 0 Å². The molecule has 1 aromatic rings. The zero-order valence-corrected chi connectivity index (χ0v) is 8.76. The van der Waals surface area contributed by atoms with Gasteiger partial charge in [-0.15, -0.1) is 0 Å². The molecule has 15 heavy (non-hydrogen) atoms. The summed E-state index contributed by atoms with van der Waals surface area (Å²) < 4.78 is 0. The van der Waals surface area contributed by atoms with Crippen molar-refractivity contribution in [2.75, 3.05) is 13.1 Å². The van der Waals surface area contributed by atoms with Crippen molar-refractivity contribution in [2.45, 2.75) is 25.7 Å². The van der Waals surface area contributed by atoms with Crippen molar-refractivity contribution in [3.63, 3.8) is 0 Å². The number of likely N-dealkylation sites (tertiary alicyclic amines) is 1. The molecule has 0 saturated carbocycles. The van der Waals surface area contributed by atoms with E-state index in [4.69, 9.17) is 5.11 Å². The van der Waals surface area contributed by atoms with Crippen molar-refractivity contribution in [1.82, 2.24) is 4.90 Å². The molecule has 0 amide bonds. The number of hydrogen-bond donors (Lipinski definition) is 2. The van der Waals surface area contributed by atoms with Crippen molar-refractivity contribution in [1.29, 1.82) is 0 Å². The summed E-state index contributed by atoms with van der Waals surface area (Å²) in [6.07, 6.45) is 0.732. The van der Waals surface area contributed by atoms with Gasteiger partial charge >= 0.3 is 0 Å². The summed E-state index contributed by atoms with van der Waals surface area (Å²) in [5.74, 6) is 0. The van der Waals surface area contributed by atoms with E-state index < -0.39 is 0 Å². The zero-order chi connectivity index (χ0) is 10.7. The Hall–Kier alpha value is -0.900. The van der Waals surface area contributed by atoms with Crippen LogP contribution >= 0.6 is 0 Å². The van der Waals surface area contributed by atoms with Crippen molar-refractivity contribution in [2.24, 2.45) is 0 Å². The lowest BCUT2D eigenvalue weighted by atomic mass is 10.1. The lowest BCUT2D eigenvalue weighted by Gasteiger charge is -2.14. The smallest absolute Gasteiger partial charge is 0.0681 e. The van der Waals surface area contributed by atoms with Gasteiger partial charge in [0.05, 0.1) is 12.7 Å². The minimum absolute atomic E-state index is 0.0999. The third kappa shape index (κ3) is 2.78. The summed E-state index contributed by atoms with van der Waals surface area (Å²) in [7, 11) is 0. The molecule has 82 valence electrons. The van der Waals surface area contributed by atoms with Crippen LogP contribution in [0.5, 0.6) is 0 Å². The van der Waals surface area contributed by atoms with Crippen LogP contribution in [0.25, 0.3) is 0 Å². The molecule has 1 aliphatic rings. The molecule has 1 aromatic carbocycles. The summed E-state index contributed by atoms with van der Waals surface area (Å²) in [5.41, 5.74) is 2.18. The van der Waals surface area contributed by atoms with Gasteiger partial charge in [0.25, 0.3) is 0 Å². The Morgan fingerprint density at radius 1 is 1.20 bits per heavy atom. The van der Waals surface area contributed by atoms with Gasteiger partial charge < -0.3 is 10.2 Å². The van der Waals surface area contributed by atoms with Gasteiger partial charge in [-0.25, -0.2) is 0 Å². The first-order valence-electron chi connectivity index (χ1n) is 5.37. The van der Waals surface area contributed by atoms with E-state index >= 15 is 0 Å². The summed E-state index contributed by atoms with van der Waals surface area (Å²) in [5, 5.41) is 18.3. The fourth-order valence-corrected chi connectivity index (χ4v) is 1.96. The van der Waals surface area contributed by atoms with Gasteiger partial charge in [-0.05, 0) is 17.5 Å². The van der Waals surface area contributed by atoms with Crippen LogP contribution in [0.1, 0.15) is 17.5 Å². The van der Waals surface area contributed by atoms with Crippen LogP contribution in [0.4, 0.5) is 0 Å². The van der Waals surface area contributed by atoms with Crippen molar-refractivity contribution in [3.8, 4) is 0 Å². The van der Waals surface area contributed by atoms with Crippen LogP contribution in [0.2, 0.25) is 0 Å². The van der Waals surface area contributed by atoms with Crippen LogP contribution in [0.3, 0.4) is 0 Å². The van der Waals surface area contributed by atoms with E-state index in [-0.39, 0.29) is 12.7 Å². The van der Waals surface area contributed by atoms with Crippen molar-refractivity contribution in [3.05, 3.63) is 35.4 Å². The molecular formula is C12H17NO2. The standard InChI is InChI=1S/C12H17NO2/c14-9-11-3-1-10(2-4-11)7-13-6-5-12(15)8-13/h1-4,12,14-15H,5-9H2/t12-/m0/s1. The van der Waals surface area contributed by atoms with E-state index in [0.717, 1.165) is 31.6 Å².